The highest BCUT2D eigenvalue weighted by Gasteiger charge is 2.68. The van der Waals surface area contributed by atoms with Gasteiger partial charge in [0.2, 0.25) is 0 Å². The van der Waals surface area contributed by atoms with Gasteiger partial charge in [-0.25, -0.2) is 8.42 Å². The van der Waals surface area contributed by atoms with Gasteiger partial charge in [0.15, 0.2) is 9.84 Å². The lowest BCUT2D eigenvalue weighted by Crippen LogP contribution is -2.36. The van der Waals surface area contributed by atoms with Crippen LogP contribution in [0.1, 0.15) is 25.3 Å². The van der Waals surface area contributed by atoms with E-state index in [4.69, 9.17) is 10.5 Å². The fraction of sp³-hybridized carbons (Fsp3) is 0.571. The van der Waals surface area contributed by atoms with Crippen LogP contribution >= 0.6 is 0 Å². The molecule has 1 aliphatic carbocycles. The number of hydrogen-bond donors (Lipinski definition) is 1. The molecule has 3 atom stereocenters. The van der Waals surface area contributed by atoms with Crippen LogP contribution < -0.4 is 5.73 Å². The SMILES string of the molecule is CCOC[C@]1(N)[C@H](c2ccccc2)[C@H]1S(=O)(=O)CC. The van der Waals surface area contributed by atoms with Gasteiger partial charge in [0.25, 0.3) is 0 Å². The average Bonchev–Trinajstić information content (AvgIpc) is 3.05. The zero-order chi connectivity index (χ0) is 14.1. The lowest BCUT2D eigenvalue weighted by atomic mass is 10.1. The monoisotopic (exact) mass is 283 g/mol. The Morgan fingerprint density at radius 1 is 1.26 bits per heavy atom. The summed E-state index contributed by atoms with van der Waals surface area (Å²) in [5.41, 5.74) is 6.50. The van der Waals surface area contributed by atoms with E-state index < -0.39 is 20.6 Å². The van der Waals surface area contributed by atoms with Gasteiger partial charge in [-0.1, -0.05) is 37.3 Å². The van der Waals surface area contributed by atoms with Gasteiger partial charge >= 0.3 is 0 Å². The molecule has 1 fully saturated rings. The highest BCUT2D eigenvalue weighted by molar-refractivity contribution is 7.92. The average molecular weight is 283 g/mol. The van der Waals surface area contributed by atoms with E-state index in [9.17, 15) is 8.42 Å². The molecule has 4 nitrogen and oxygen atoms in total. The molecule has 1 aromatic rings. The minimum atomic E-state index is -3.17. The van der Waals surface area contributed by atoms with Crippen LogP contribution in [0.2, 0.25) is 0 Å². The number of sulfone groups is 1. The predicted molar refractivity (Wildman–Crippen MR) is 75.8 cm³/mol. The molecule has 2 rings (SSSR count). The first-order valence-corrected chi connectivity index (χ1v) is 8.32. The second-order valence-electron chi connectivity index (χ2n) is 5.01. The fourth-order valence-electron chi connectivity index (χ4n) is 2.74. The van der Waals surface area contributed by atoms with Crippen molar-refractivity contribution in [1.82, 2.24) is 0 Å². The molecule has 0 bridgehead atoms. The van der Waals surface area contributed by atoms with Gasteiger partial charge < -0.3 is 10.5 Å². The summed E-state index contributed by atoms with van der Waals surface area (Å²) in [5, 5.41) is -0.529. The Kier molecular flexibility index (Phi) is 3.99. The smallest absolute Gasteiger partial charge is 0.155 e. The summed E-state index contributed by atoms with van der Waals surface area (Å²) in [7, 11) is -3.17. The van der Waals surface area contributed by atoms with Gasteiger partial charge in [0, 0.05) is 18.3 Å². The molecule has 0 spiro atoms. The van der Waals surface area contributed by atoms with Crippen LogP contribution in [0.25, 0.3) is 0 Å². The van der Waals surface area contributed by atoms with Gasteiger partial charge in [-0.3, -0.25) is 0 Å². The first-order chi connectivity index (χ1) is 8.97. The third-order valence-corrected chi connectivity index (χ3v) is 6.10. The molecule has 0 aromatic heterocycles. The van der Waals surface area contributed by atoms with E-state index in [0.29, 0.717) is 6.61 Å². The molecule has 0 saturated heterocycles. The number of hydrogen-bond acceptors (Lipinski definition) is 4. The molecule has 0 radical (unpaired) electrons. The van der Waals surface area contributed by atoms with E-state index in [0.717, 1.165) is 5.56 Å². The molecular formula is C14H21NO3S. The minimum absolute atomic E-state index is 0.117. The van der Waals surface area contributed by atoms with Gasteiger partial charge in [-0.05, 0) is 12.5 Å². The summed E-state index contributed by atoms with van der Waals surface area (Å²) in [5.74, 6) is -0.0447. The Labute approximate surface area is 114 Å². The van der Waals surface area contributed by atoms with Crippen molar-refractivity contribution >= 4 is 9.84 Å². The van der Waals surface area contributed by atoms with Gasteiger partial charge in [0.05, 0.1) is 17.4 Å². The molecule has 1 aromatic carbocycles. The second-order valence-corrected chi connectivity index (χ2v) is 7.42. The Balaban J connectivity index is 2.31. The summed E-state index contributed by atoms with van der Waals surface area (Å²) in [6.07, 6.45) is 0. The van der Waals surface area contributed by atoms with E-state index in [1.165, 1.54) is 0 Å². The maximum Gasteiger partial charge on any atom is 0.155 e. The maximum absolute atomic E-state index is 12.2. The summed E-state index contributed by atoms with van der Waals surface area (Å²) in [4.78, 5) is 0. The Morgan fingerprint density at radius 2 is 1.89 bits per heavy atom. The fourth-order valence-corrected chi connectivity index (χ4v) is 4.73. The normalized spacial score (nSPS) is 30.3. The van der Waals surface area contributed by atoms with Crippen molar-refractivity contribution in [2.45, 2.75) is 30.6 Å². The molecule has 0 aliphatic heterocycles. The van der Waals surface area contributed by atoms with Crippen LogP contribution in [0, 0.1) is 0 Å². The van der Waals surface area contributed by atoms with Crippen LogP contribution in [0.4, 0.5) is 0 Å². The predicted octanol–water partition coefficient (Wildman–Crippen LogP) is 1.32. The second kappa shape index (κ2) is 5.23. The first kappa shape index (κ1) is 14.5. The highest BCUT2D eigenvalue weighted by atomic mass is 32.2. The molecule has 5 heteroatoms. The molecule has 0 heterocycles. The molecule has 1 saturated carbocycles. The Morgan fingerprint density at radius 3 is 2.42 bits per heavy atom. The van der Waals surface area contributed by atoms with Crippen LogP contribution in [0.3, 0.4) is 0 Å². The van der Waals surface area contributed by atoms with Crippen molar-refractivity contribution in [2.24, 2.45) is 5.73 Å². The summed E-state index contributed by atoms with van der Waals surface area (Å²) >= 11 is 0. The quantitative estimate of drug-likeness (QED) is 0.855. The zero-order valence-corrected chi connectivity index (χ0v) is 12.2. The van der Waals surface area contributed by atoms with Gasteiger partial charge in [-0.15, -0.1) is 0 Å². The molecule has 0 unspecified atom stereocenters. The third-order valence-electron chi connectivity index (χ3n) is 3.81. The largest absolute Gasteiger partial charge is 0.380 e. The summed E-state index contributed by atoms with van der Waals surface area (Å²) in [6, 6.07) is 9.59. The van der Waals surface area contributed by atoms with Crippen molar-refractivity contribution in [3.8, 4) is 0 Å². The van der Waals surface area contributed by atoms with E-state index in [2.05, 4.69) is 0 Å². The lowest BCUT2D eigenvalue weighted by Gasteiger charge is -2.11. The van der Waals surface area contributed by atoms with Crippen molar-refractivity contribution in [3.63, 3.8) is 0 Å². The Bertz CT molecular complexity index is 529. The number of nitrogens with two attached hydrogens (primary N) is 1. The number of benzene rings is 1. The molecule has 1 aliphatic rings. The van der Waals surface area contributed by atoms with Crippen LogP contribution in [0.5, 0.6) is 0 Å². The topological polar surface area (TPSA) is 69.4 Å². The van der Waals surface area contributed by atoms with Crippen molar-refractivity contribution < 1.29 is 13.2 Å². The highest BCUT2D eigenvalue weighted by Crippen LogP contribution is 2.54. The van der Waals surface area contributed by atoms with Gasteiger partial charge in [-0.2, -0.15) is 0 Å². The van der Waals surface area contributed by atoms with E-state index in [1.54, 1.807) is 6.92 Å². The minimum Gasteiger partial charge on any atom is -0.380 e. The maximum atomic E-state index is 12.2. The number of ether oxygens (including phenoxy) is 1. The summed E-state index contributed by atoms with van der Waals surface area (Å²) in [6.45, 7) is 4.37. The zero-order valence-electron chi connectivity index (χ0n) is 11.4. The molecule has 106 valence electrons. The molecule has 2 N–H and O–H groups in total. The van der Waals surface area contributed by atoms with Crippen LogP contribution in [0.15, 0.2) is 30.3 Å². The molecule has 0 amide bonds. The van der Waals surface area contributed by atoms with Crippen LogP contribution in [-0.2, 0) is 14.6 Å². The molecular weight excluding hydrogens is 262 g/mol. The van der Waals surface area contributed by atoms with Crippen molar-refractivity contribution in [3.05, 3.63) is 35.9 Å². The van der Waals surface area contributed by atoms with E-state index in [1.807, 2.05) is 37.3 Å². The standard InChI is InChI=1S/C14H21NO3S/c1-3-18-10-14(15)12(11-8-6-5-7-9-11)13(14)19(16,17)4-2/h5-9,12-13H,3-4,10,15H2,1-2H3/t12-,13-,14+/m1/s1. The summed E-state index contributed by atoms with van der Waals surface area (Å²) < 4.78 is 29.8. The van der Waals surface area contributed by atoms with Crippen LogP contribution in [-0.4, -0.2) is 38.2 Å². The first-order valence-electron chi connectivity index (χ1n) is 6.60. The van der Waals surface area contributed by atoms with E-state index >= 15 is 0 Å². The van der Waals surface area contributed by atoms with Crippen molar-refractivity contribution in [2.75, 3.05) is 19.0 Å². The number of rotatable bonds is 6. The third kappa shape index (κ3) is 2.55. The van der Waals surface area contributed by atoms with Gasteiger partial charge in [0.1, 0.15) is 0 Å². The lowest BCUT2D eigenvalue weighted by molar-refractivity contribution is 0.125. The Hall–Kier alpha value is -0.910. The molecule has 19 heavy (non-hydrogen) atoms. The van der Waals surface area contributed by atoms with Crippen molar-refractivity contribution in [1.29, 1.82) is 0 Å². The van der Waals surface area contributed by atoms with E-state index in [-0.39, 0.29) is 18.3 Å².